The Morgan fingerprint density at radius 2 is 1.29 bits per heavy atom. The van der Waals surface area contributed by atoms with Gasteiger partial charge in [-0.3, -0.25) is 0 Å². The molecule has 0 aliphatic heterocycles. The van der Waals surface area contributed by atoms with Gasteiger partial charge in [-0.1, -0.05) is 13.2 Å². The molecule has 78 valence electrons. The van der Waals surface area contributed by atoms with Crippen LogP contribution in [0.15, 0.2) is 25.3 Å². The SMILES string of the molecule is C=CC(=O)OC(O)C(O)OC(=O)C=C. The van der Waals surface area contributed by atoms with Crippen molar-refractivity contribution in [2.24, 2.45) is 0 Å². The Hall–Kier alpha value is -1.66. The smallest absolute Gasteiger partial charge is 0.332 e. The zero-order valence-electron chi connectivity index (χ0n) is 7.25. The summed E-state index contributed by atoms with van der Waals surface area (Å²) in [6.07, 6.45) is -2.34. The molecule has 6 heteroatoms. The third-order valence-electron chi connectivity index (χ3n) is 1.05. The maximum absolute atomic E-state index is 10.5. The zero-order valence-corrected chi connectivity index (χ0v) is 7.25. The fraction of sp³-hybridized carbons (Fsp3) is 0.250. The Labute approximate surface area is 80.1 Å². The molecule has 0 aliphatic rings. The van der Waals surface area contributed by atoms with E-state index in [-0.39, 0.29) is 0 Å². The van der Waals surface area contributed by atoms with Crippen LogP contribution in [0.5, 0.6) is 0 Å². The molecule has 0 amide bonds. The second kappa shape index (κ2) is 5.90. The summed E-state index contributed by atoms with van der Waals surface area (Å²) in [5.41, 5.74) is 0. The average molecular weight is 202 g/mol. The number of rotatable bonds is 5. The van der Waals surface area contributed by atoms with Gasteiger partial charge in [0.15, 0.2) is 0 Å². The molecular formula is C8H10O6. The van der Waals surface area contributed by atoms with Gasteiger partial charge in [0.25, 0.3) is 12.6 Å². The largest absolute Gasteiger partial charge is 0.426 e. The third-order valence-corrected chi connectivity index (χ3v) is 1.05. The molecule has 2 atom stereocenters. The first-order chi connectivity index (χ1) is 6.51. The molecule has 0 fully saturated rings. The highest BCUT2D eigenvalue weighted by Crippen LogP contribution is 1.99. The first-order valence-corrected chi connectivity index (χ1v) is 3.53. The van der Waals surface area contributed by atoms with E-state index in [1.165, 1.54) is 0 Å². The van der Waals surface area contributed by atoms with Gasteiger partial charge in [-0.25, -0.2) is 9.59 Å². The van der Waals surface area contributed by atoms with Crippen LogP contribution in [0.2, 0.25) is 0 Å². The molecule has 0 saturated heterocycles. The fourth-order valence-corrected chi connectivity index (χ4v) is 0.451. The lowest BCUT2D eigenvalue weighted by Gasteiger charge is -2.16. The van der Waals surface area contributed by atoms with E-state index in [0.717, 1.165) is 12.2 Å². The summed E-state index contributed by atoms with van der Waals surface area (Å²) >= 11 is 0. The van der Waals surface area contributed by atoms with Crippen LogP contribution < -0.4 is 0 Å². The molecule has 0 rings (SSSR count). The van der Waals surface area contributed by atoms with Crippen LogP contribution in [0.25, 0.3) is 0 Å². The van der Waals surface area contributed by atoms with Gasteiger partial charge in [-0.15, -0.1) is 0 Å². The highest BCUT2D eigenvalue weighted by molar-refractivity contribution is 5.82. The van der Waals surface area contributed by atoms with Gasteiger partial charge in [0.1, 0.15) is 0 Å². The summed E-state index contributed by atoms with van der Waals surface area (Å²) in [6, 6.07) is 0. The Morgan fingerprint density at radius 1 is 1.00 bits per heavy atom. The molecule has 0 heterocycles. The number of aliphatic hydroxyl groups is 2. The van der Waals surface area contributed by atoms with Gasteiger partial charge in [0, 0.05) is 12.2 Å². The number of hydrogen-bond donors (Lipinski definition) is 2. The monoisotopic (exact) mass is 202 g/mol. The normalized spacial score (nSPS) is 13.6. The van der Waals surface area contributed by atoms with E-state index < -0.39 is 24.5 Å². The lowest BCUT2D eigenvalue weighted by molar-refractivity contribution is -0.237. The first-order valence-electron chi connectivity index (χ1n) is 3.53. The Bertz CT molecular complexity index is 220. The van der Waals surface area contributed by atoms with Crippen molar-refractivity contribution in [3.05, 3.63) is 25.3 Å². The molecule has 0 saturated carbocycles. The van der Waals surface area contributed by atoms with Crippen molar-refractivity contribution < 1.29 is 29.3 Å². The van der Waals surface area contributed by atoms with E-state index in [1.54, 1.807) is 0 Å². The van der Waals surface area contributed by atoms with Crippen LogP contribution in [-0.4, -0.2) is 34.7 Å². The minimum absolute atomic E-state index is 0.783. The Balaban J connectivity index is 4.04. The standard InChI is InChI=1S/C8H10O6/c1-3-5(9)13-7(11)8(12)14-6(10)4-2/h3-4,7-8,11-12H,1-2H2. The van der Waals surface area contributed by atoms with Gasteiger partial charge in [0.05, 0.1) is 0 Å². The molecule has 6 nitrogen and oxygen atoms in total. The molecule has 2 unspecified atom stereocenters. The molecule has 0 radical (unpaired) electrons. The predicted octanol–water partition coefficient (Wildman–Crippen LogP) is -0.918. The molecule has 0 aromatic carbocycles. The Kier molecular flexibility index (Phi) is 5.20. The van der Waals surface area contributed by atoms with Crippen LogP contribution >= 0.6 is 0 Å². The molecular weight excluding hydrogens is 192 g/mol. The number of aliphatic hydroxyl groups excluding tert-OH is 2. The summed E-state index contributed by atoms with van der Waals surface area (Å²) < 4.78 is 8.29. The summed E-state index contributed by atoms with van der Waals surface area (Å²) in [6.45, 7) is 6.12. The van der Waals surface area contributed by atoms with E-state index in [4.69, 9.17) is 10.2 Å². The molecule has 0 bridgehead atoms. The summed E-state index contributed by atoms with van der Waals surface area (Å²) in [5.74, 6) is -1.91. The van der Waals surface area contributed by atoms with Crippen molar-refractivity contribution in [1.82, 2.24) is 0 Å². The summed E-state index contributed by atoms with van der Waals surface area (Å²) in [5, 5.41) is 17.8. The lowest BCUT2D eigenvalue weighted by atomic mass is 10.5. The number of ether oxygens (including phenoxy) is 2. The third kappa shape index (κ3) is 4.39. The average Bonchev–Trinajstić information content (AvgIpc) is 2.17. The van der Waals surface area contributed by atoms with Crippen molar-refractivity contribution in [3.8, 4) is 0 Å². The van der Waals surface area contributed by atoms with E-state index in [2.05, 4.69) is 22.6 Å². The summed E-state index contributed by atoms with van der Waals surface area (Å²) in [7, 11) is 0. The maximum Gasteiger partial charge on any atom is 0.332 e. The molecule has 0 aromatic rings. The van der Waals surface area contributed by atoms with Gasteiger partial charge < -0.3 is 19.7 Å². The molecule has 2 N–H and O–H groups in total. The topological polar surface area (TPSA) is 93.1 Å². The molecule has 0 aliphatic carbocycles. The van der Waals surface area contributed by atoms with Crippen molar-refractivity contribution in [2.75, 3.05) is 0 Å². The van der Waals surface area contributed by atoms with Crippen molar-refractivity contribution in [2.45, 2.75) is 12.6 Å². The summed E-state index contributed by atoms with van der Waals surface area (Å²) in [4.78, 5) is 21.0. The van der Waals surface area contributed by atoms with Crippen LogP contribution in [-0.2, 0) is 19.1 Å². The number of carbonyl (C=O) groups excluding carboxylic acids is 2. The zero-order chi connectivity index (χ0) is 11.1. The quantitative estimate of drug-likeness (QED) is 0.340. The molecule has 14 heavy (non-hydrogen) atoms. The maximum atomic E-state index is 10.5. The van der Waals surface area contributed by atoms with E-state index in [1.807, 2.05) is 0 Å². The van der Waals surface area contributed by atoms with E-state index in [9.17, 15) is 9.59 Å². The number of esters is 2. The molecule has 0 aromatic heterocycles. The second-order valence-corrected chi connectivity index (χ2v) is 2.06. The van der Waals surface area contributed by atoms with E-state index in [0.29, 0.717) is 0 Å². The fourth-order valence-electron chi connectivity index (χ4n) is 0.451. The number of carbonyl (C=O) groups is 2. The first kappa shape index (κ1) is 12.3. The number of hydrogen-bond acceptors (Lipinski definition) is 6. The van der Waals surface area contributed by atoms with Crippen LogP contribution in [0.3, 0.4) is 0 Å². The van der Waals surface area contributed by atoms with Crippen molar-refractivity contribution >= 4 is 11.9 Å². The van der Waals surface area contributed by atoms with Gasteiger partial charge in [0.2, 0.25) is 0 Å². The van der Waals surface area contributed by atoms with Gasteiger partial charge in [-0.05, 0) is 0 Å². The minimum Gasteiger partial charge on any atom is -0.426 e. The lowest BCUT2D eigenvalue weighted by Crippen LogP contribution is -2.34. The van der Waals surface area contributed by atoms with Crippen molar-refractivity contribution in [3.63, 3.8) is 0 Å². The molecule has 0 spiro atoms. The Morgan fingerprint density at radius 3 is 1.50 bits per heavy atom. The highest BCUT2D eigenvalue weighted by atomic mass is 16.7. The van der Waals surface area contributed by atoms with Crippen LogP contribution in [0, 0.1) is 0 Å². The van der Waals surface area contributed by atoms with Crippen LogP contribution in [0.1, 0.15) is 0 Å². The van der Waals surface area contributed by atoms with E-state index >= 15 is 0 Å². The highest BCUT2D eigenvalue weighted by Gasteiger charge is 2.22. The van der Waals surface area contributed by atoms with Crippen LogP contribution in [0.4, 0.5) is 0 Å². The minimum atomic E-state index is -1.95. The van der Waals surface area contributed by atoms with Gasteiger partial charge in [-0.2, -0.15) is 0 Å². The predicted molar refractivity (Wildman–Crippen MR) is 44.6 cm³/mol. The second-order valence-electron chi connectivity index (χ2n) is 2.06. The van der Waals surface area contributed by atoms with Crippen molar-refractivity contribution in [1.29, 1.82) is 0 Å². The van der Waals surface area contributed by atoms with Gasteiger partial charge >= 0.3 is 11.9 Å².